The van der Waals surface area contributed by atoms with Crippen LogP contribution in [0.5, 0.6) is 57.5 Å². The van der Waals surface area contributed by atoms with Crippen molar-refractivity contribution >= 4 is 20.2 Å². The van der Waals surface area contributed by atoms with Crippen LogP contribution in [0.1, 0.15) is 55.6 Å². The highest BCUT2D eigenvalue weighted by molar-refractivity contribution is 7.88. The molecule has 0 amide bonds. The lowest BCUT2D eigenvalue weighted by atomic mass is 9.94. The van der Waals surface area contributed by atoms with E-state index in [0.29, 0.717) is 74.9 Å². The molecule has 0 heterocycles. The molecule has 10 aliphatic rings. The molecule has 10 bridgehead atoms. The van der Waals surface area contributed by atoms with Gasteiger partial charge in [-0.2, -0.15) is 43.2 Å². The monoisotopic (exact) mass is 986 g/mol. The largest absolute Gasteiger partial charge is 0.534 e. The lowest BCUT2D eigenvalue weighted by Crippen LogP contribution is -2.29. The Labute approximate surface area is 382 Å². The maximum Gasteiger partial charge on any atom is 0.534 e. The summed E-state index contributed by atoms with van der Waals surface area (Å²) in [5.74, 6) is 0.181. The summed E-state index contributed by atoms with van der Waals surface area (Å²) in [6, 6.07) is 14.2. The number of hydrogen-bond donors (Lipinski definition) is 0. The molecule has 0 atom stereocenters. The molecule has 0 saturated heterocycles. The molecule has 0 aliphatic heterocycles. The lowest BCUT2D eigenvalue weighted by molar-refractivity contribution is -0.0506. The number of hydrogen-bond acceptors (Lipinski definition) is 14. The van der Waals surface area contributed by atoms with Gasteiger partial charge < -0.3 is 46.3 Å². The van der Waals surface area contributed by atoms with Crippen LogP contribution in [0.4, 0.5) is 26.3 Å². The van der Waals surface area contributed by atoms with Crippen LogP contribution in [0.25, 0.3) is 0 Å². The summed E-state index contributed by atoms with van der Waals surface area (Å²) in [6.07, 6.45) is -0.773. The first-order valence-corrected chi connectivity index (χ1v) is 22.5. The molecule has 5 aromatic carbocycles. The van der Waals surface area contributed by atoms with Gasteiger partial charge in [0.05, 0.1) is 56.9 Å². The minimum Gasteiger partial charge on any atom is -0.496 e. The zero-order chi connectivity index (χ0) is 49.2. The molecule has 0 radical (unpaired) electrons. The molecule has 0 unspecified atom stereocenters. The van der Waals surface area contributed by atoms with Crippen LogP contribution >= 0.6 is 0 Å². The summed E-state index contributed by atoms with van der Waals surface area (Å²) in [5.41, 5.74) is -9.35. The van der Waals surface area contributed by atoms with Gasteiger partial charge in [-0.1, -0.05) is 0 Å². The maximum absolute atomic E-state index is 14.0. The minimum atomic E-state index is -6.46. The highest BCUT2D eigenvalue weighted by atomic mass is 32.2. The Balaban J connectivity index is 1.71. The molecular weight excluding hydrogens is 943 g/mol. The second-order valence-electron chi connectivity index (χ2n) is 14.8. The number of methoxy groups -OCH3 is 8. The van der Waals surface area contributed by atoms with Crippen LogP contribution in [0.3, 0.4) is 0 Å². The zero-order valence-corrected chi connectivity index (χ0v) is 38.7. The minimum absolute atomic E-state index is 0.0457. The van der Waals surface area contributed by atoms with Crippen LogP contribution in [-0.2, 0) is 52.3 Å². The van der Waals surface area contributed by atoms with Crippen molar-refractivity contribution < 1.29 is 89.4 Å². The van der Waals surface area contributed by atoms with Gasteiger partial charge in [-0.25, -0.2) is 0 Å². The molecule has 67 heavy (non-hydrogen) atoms. The third-order valence-electron chi connectivity index (χ3n) is 10.8. The van der Waals surface area contributed by atoms with Gasteiger partial charge in [-0.15, -0.1) is 0 Å². The number of alkyl halides is 6. The Morgan fingerprint density at radius 1 is 0.299 bits per heavy atom. The second kappa shape index (κ2) is 19.4. The van der Waals surface area contributed by atoms with E-state index in [0.717, 1.165) is 0 Å². The van der Waals surface area contributed by atoms with Crippen molar-refractivity contribution in [1.82, 2.24) is 0 Å². The fourth-order valence-corrected chi connectivity index (χ4v) is 8.61. The summed E-state index contributed by atoms with van der Waals surface area (Å²) in [4.78, 5) is 0. The van der Waals surface area contributed by atoms with Crippen LogP contribution in [0.15, 0.2) is 60.7 Å². The van der Waals surface area contributed by atoms with Gasteiger partial charge in [-0.05, 0) is 60.7 Å². The first-order chi connectivity index (χ1) is 31.5. The van der Waals surface area contributed by atoms with Gasteiger partial charge in [0.1, 0.15) is 57.5 Å². The predicted octanol–water partition coefficient (Wildman–Crippen LogP) is 8.48. The van der Waals surface area contributed by atoms with Crippen molar-refractivity contribution in [2.24, 2.45) is 0 Å². The number of rotatable bonds is 12. The third kappa shape index (κ3) is 10.4. The Kier molecular flexibility index (Phi) is 14.5. The molecule has 14 nitrogen and oxygen atoms in total. The quantitative estimate of drug-likeness (QED) is 0.0652. The average molecular weight is 987 g/mol. The molecular formula is C45H44F6O14S2. The summed E-state index contributed by atoms with van der Waals surface area (Å²) in [6.45, 7) is 0. The number of ether oxygens (including phenoxy) is 8. The molecule has 5 aromatic rings. The standard InChI is InChI=1S/C45H44F6O14S2/c1-56-34-16-26-10-28-18-40(62-7)30(20-38(28)60-5)12-32-22-43(65-67(54,55)45(49,50)51)33(23-42(32)64-66(52,53)44(46,47)48)13-31-21-39(61-6)29(19-41(31)63-8)11-27-17-35(57-2)25(15-37(27)59-4)9-24(34)14-36(26)58-3/h14-23H,9-13H2,1-8H3. The summed E-state index contributed by atoms with van der Waals surface area (Å²) in [7, 11) is -1.81. The first kappa shape index (κ1) is 50.0. The molecule has 15 rings (SSSR count). The summed E-state index contributed by atoms with van der Waals surface area (Å²) >= 11 is 0. The van der Waals surface area contributed by atoms with Gasteiger partial charge in [-0.3, -0.25) is 0 Å². The topological polar surface area (TPSA) is 161 Å². The third-order valence-corrected chi connectivity index (χ3v) is 12.8. The van der Waals surface area contributed by atoms with Gasteiger partial charge >= 0.3 is 31.3 Å². The molecule has 0 fully saturated rings. The van der Waals surface area contributed by atoms with Gasteiger partial charge in [0, 0.05) is 87.7 Å². The zero-order valence-electron chi connectivity index (χ0n) is 37.1. The van der Waals surface area contributed by atoms with Crippen molar-refractivity contribution in [2.75, 3.05) is 56.9 Å². The van der Waals surface area contributed by atoms with Gasteiger partial charge in [0.25, 0.3) is 0 Å². The fraction of sp³-hybridized carbons (Fsp3) is 0.333. The number of benzene rings is 5. The Hall–Kier alpha value is -6.42. The Morgan fingerprint density at radius 3 is 0.567 bits per heavy atom. The average Bonchev–Trinajstić information content (AvgIpc) is 3.27. The smallest absolute Gasteiger partial charge is 0.496 e. The molecule has 10 aliphatic carbocycles. The van der Waals surface area contributed by atoms with Crippen molar-refractivity contribution in [3.63, 3.8) is 0 Å². The predicted molar refractivity (Wildman–Crippen MR) is 230 cm³/mol. The SMILES string of the molecule is COc1cc2c(OC)cc1Cc1cc(OC)c(cc1OC)Cc1cc(OC)c(cc1OC)Cc1cc(OS(=O)(=O)C(F)(F)F)c(cc1OS(=O)(=O)C(F)(F)F)Cc1cc(OC)c(cc1OC)C2. The summed E-state index contributed by atoms with van der Waals surface area (Å²) < 4.78 is 190. The molecule has 22 heteroatoms. The van der Waals surface area contributed by atoms with E-state index in [-0.39, 0.29) is 47.0 Å². The van der Waals surface area contributed by atoms with E-state index >= 15 is 0 Å². The first-order valence-electron chi connectivity index (χ1n) is 19.7. The van der Waals surface area contributed by atoms with Crippen molar-refractivity contribution in [3.8, 4) is 57.5 Å². The van der Waals surface area contributed by atoms with E-state index in [2.05, 4.69) is 8.37 Å². The maximum atomic E-state index is 14.0. The molecule has 0 spiro atoms. The van der Waals surface area contributed by atoms with Gasteiger partial charge in [0.15, 0.2) is 0 Å². The second-order valence-corrected chi connectivity index (χ2v) is 17.9. The van der Waals surface area contributed by atoms with Crippen molar-refractivity contribution in [1.29, 1.82) is 0 Å². The molecule has 362 valence electrons. The molecule has 0 N–H and O–H groups in total. The highest BCUT2D eigenvalue weighted by Gasteiger charge is 2.50. The Bertz CT molecular complexity index is 2710. The van der Waals surface area contributed by atoms with E-state index < -0.39 is 66.7 Å². The van der Waals surface area contributed by atoms with Crippen LogP contribution in [0.2, 0.25) is 0 Å². The molecule has 0 aromatic heterocycles. The van der Waals surface area contributed by atoms with Crippen LogP contribution in [0, 0.1) is 0 Å². The summed E-state index contributed by atoms with van der Waals surface area (Å²) in [5, 5.41) is 0. The van der Waals surface area contributed by atoms with E-state index in [1.165, 1.54) is 81.1 Å². The molecule has 0 saturated carbocycles. The normalized spacial score (nSPS) is 13.2. The van der Waals surface area contributed by atoms with E-state index in [9.17, 15) is 43.2 Å². The van der Waals surface area contributed by atoms with E-state index in [1.807, 2.05) is 0 Å². The van der Waals surface area contributed by atoms with Crippen molar-refractivity contribution in [3.05, 3.63) is 116 Å². The van der Waals surface area contributed by atoms with Crippen LogP contribution in [-0.4, -0.2) is 84.7 Å². The Morgan fingerprint density at radius 2 is 0.433 bits per heavy atom. The van der Waals surface area contributed by atoms with Crippen molar-refractivity contribution in [2.45, 2.75) is 43.1 Å². The fourth-order valence-electron chi connectivity index (χ4n) is 7.63. The van der Waals surface area contributed by atoms with Gasteiger partial charge in [0.2, 0.25) is 0 Å². The van der Waals surface area contributed by atoms with E-state index in [4.69, 9.17) is 37.9 Å². The number of halogens is 6. The van der Waals surface area contributed by atoms with E-state index in [1.54, 1.807) is 24.3 Å². The lowest BCUT2D eigenvalue weighted by Gasteiger charge is -2.21. The van der Waals surface area contributed by atoms with Crippen LogP contribution < -0.4 is 46.3 Å². The highest BCUT2D eigenvalue weighted by Crippen LogP contribution is 2.44.